The maximum absolute atomic E-state index is 10.3. The maximum atomic E-state index is 10.3. The molecule has 3 rings (SSSR count). The predicted molar refractivity (Wildman–Crippen MR) is 99.4 cm³/mol. The normalized spacial score (nSPS) is 13.4. The van der Waals surface area contributed by atoms with Gasteiger partial charge in [-0.1, -0.05) is 78.3 Å². The summed E-state index contributed by atoms with van der Waals surface area (Å²) in [6, 6.07) is 25.3. The SMILES string of the molecule is C[C@H](N[C@H](c1ccccc1)c1ccccc1O)c1ccccc1Cl. The molecule has 24 heavy (non-hydrogen) atoms. The Hall–Kier alpha value is -2.29. The van der Waals surface area contributed by atoms with Crippen molar-refractivity contribution in [2.24, 2.45) is 0 Å². The standard InChI is InChI=1S/C21H20ClNO/c1-15(17-11-5-7-13-19(17)22)23-21(16-9-3-2-4-10-16)18-12-6-8-14-20(18)24/h2-15,21,23-24H,1H3/t15-,21+/m0/s1. The first-order valence-corrected chi connectivity index (χ1v) is 8.38. The van der Waals surface area contributed by atoms with Gasteiger partial charge in [0.25, 0.3) is 0 Å². The summed E-state index contributed by atoms with van der Waals surface area (Å²) in [5.41, 5.74) is 2.98. The topological polar surface area (TPSA) is 32.3 Å². The Morgan fingerprint density at radius 2 is 1.38 bits per heavy atom. The molecule has 2 atom stereocenters. The maximum Gasteiger partial charge on any atom is 0.120 e. The molecule has 0 unspecified atom stereocenters. The smallest absolute Gasteiger partial charge is 0.120 e. The van der Waals surface area contributed by atoms with Gasteiger partial charge in [-0.15, -0.1) is 0 Å². The van der Waals surface area contributed by atoms with Crippen LogP contribution in [0.4, 0.5) is 0 Å². The van der Waals surface area contributed by atoms with Crippen LogP contribution in [0.5, 0.6) is 5.75 Å². The monoisotopic (exact) mass is 337 g/mol. The molecular formula is C21H20ClNO. The zero-order valence-electron chi connectivity index (χ0n) is 13.5. The molecule has 0 aliphatic rings. The lowest BCUT2D eigenvalue weighted by Crippen LogP contribution is -2.26. The fraction of sp³-hybridized carbons (Fsp3) is 0.143. The summed E-state index contributed by atoms with van der Waals surface area (Å²) < 4.78 is 0. The van der Waals surface area contributed by atoms with Crippen LogP contribution in [-0.4, -0.2) is 5.11 Å². The second kappa shape index (κ2) is 7.52. The van der Waals surface area contributed by atoms with E-state index in [-0.39, 0.29) is 17.8 Å². The summed E-state index contributed by atoms with van der Waals surface area (Å²) in [5, 5.41) is 14.7. The largest absolute Gasteiger partial charge is 0.508 e. The number of benzene rings is 3. The molecule has 0 heterocycles. The lowest BCUT2D eigenvalue weighted by Gasteiger charge is -2.25. The highest BCUT2D eigenvalue weighted by Gasteiger charge is 2.20. The highest BCUT2D eigenvalue weighted by atomic mass is 35.5. The second-order valence-electron chi connectivity index (χ2n) is 5.81. The molecule has 3 aromatic rings. The molecule has 0 saturated heterocycles. The van der Waals surface area contributed by atoms with Crippen LogP contribution in [-0.2, 0) is 0 Å². The number of phenolic OH excluding ortho intramolecular Hbond substituents is 1. The third kappa shape index (κ3) is 3.61. The van der Waals surface area contributed by atoms with Crippen molar-refractivity contribution in [3.63, 3.8) is 0 Å². The van der Waals surface area contributed by atoms with Crippen molar-refractivity contribution in [3.8, 4) is 5.75 Å². The van der Waals surface area contributed by atoms with Crippen LogP contribution < -0.4 is 5.32 Å². The van der Waals surface area contributed by atoms with Crippen molar-refractivity contribution in [2.45, 2.75) is 19.0 Å². The van der Waals surface area contributed by atoms with Gasteiger partial charge >= 0.3 is 0 Å². The Bertz CT molecular complexity index is 804. The van der Waals surface area contributed by atoms with E-state index in [9.17, 15) is 5.11 Å². The van der Waals surface area contributed by atoms with E-state index in [0.29, 0.717) is 0 Å². The zero-order valence-corrected chi connectivity index (χ0v) is 14.2. The van der Waals surface area contributed by atoms with Crippen LogP contribution >= 0.6 is 11.6 Å². The average molecular weight is 338 g/mol. The van der Waals surface area contributed by atoms with Crippen molar-refractivity contribution >= 4 is 11.6 Å². The van der Waals surface area contributed by atoms with Gasteiger partial charge in [0, 0.05) is 16.6 Å². The minimum Gasteiger partial charge on any atom is -0.508 e. The summed E-state index contributed by atoms with van der Waals surface area (Å²) in [7, 11) is 0. The van der Waals surface area contributed by atoms with E-state index in [4.69, 9.17) is 11.6 Å². The first-order chi connectivity index (χ1) is 11.7. The van der Waals surface area contributed by atoms with E-state index in [1.165, 1.54) is 0 Å². The molecule has 0 bridgehead atoms. The molecule has 2 N–H and O–H groups in total. The van der Waals surface area contributed by atoms with E-state index in [1.807, 2.05) is 60.7 Å². The quantitative estimate of drug-likeness (QED) is 0.645. The van der Waals surface area contributed by atoms with Crippen molar-refractivity contribution in [1.29, 1.82) is 0 Å². The molecule has 0 fully saturated rings. The van der Waals surface area contributed by atoms with E-state index >= 15 is 0 Å². The fourth-order valence-corrected chi connectivity index (χ4v) is 3.21. The number of rotatable bonds is 5. The minimum atomic E-state index is -0.126. The van der Waals surface area contributed by atoms with Crippen LogP contribution in [0.25, 0.3) is 0 Å². The van der Waals surface area contributed by atoms with Crippen molar-refractivity contribution in [2.75, 3.05) is 0 Å². The Kier molecular flexibility index (Phi) is 5.19. The fourth-order valence-electron chi connectivity index (χ4n) is 2.91. The Morgan fingerprint density at radius 3 is 2.04 bits per heavy atom. The molecule has 0 radical (unpaired) electrons. The molecule has 122 valence electrons. The summed E-state index contributed by atoms with van der Waals surface area (Å²) in [6.45, 7) is 2.08. The van der Waals surface area contributed by atoms with Gasteiger partial charge < -0.3 is 5.11 Å². The number of hydrogen-bond donors (Lipinski definition) is 2. The van der Waals surface area contributed by atoms with Crippen LogP contribution in [0.3, 0.4) is 0 Å². The van der Waals surface area contributed by atoms with Gasteiger partial charge in [-0.25, -0.2) is 0 Å². The first-order valence-electron chi connectivity index (χ1n) is 8.00. The minimum absolute atomic E-state index is 0.0310. The molecule has 0 aromatic heterocycles. The molecular weight excluding hydrogens is 318 g/mol. The molecule has 2 nitrogen and oxygen atoms in total. The van der Waals surface area contributed by atoms with Gasteiger partial charge in [0.2, 0.25) is 0 Å². The number of aromatic hydroxyl groups is 1. The third-order valence-corrected chi connectivity index (χ3v) is 4.51. The van der Waals surface area contributed by atoms with Gasteiger partial charge in [0.15, 0.2) is 0 Å². The predicted octanol–water partition coefficient (Wildman–Crippen LogP) is 5.49. The van der Waals surface area contributed by atoms with Crippen molar-refractivity contribution in [1.82, 2.24) is 5.32 Å². The zero-order chi connectivity index (χ0) is 16.9. The number of phenols is 1. The highest BCUT2D eigenvalue weighted by molar-refractivity contribution is 6.31. The summed E-state index contributed by atoms with van der Waals surface area (Å²) in [5.74, 6) is 0.283. The van der Waals surface area contributed by atoms with Crippen LogP contribution in [0.1, 0.15) is 35.7 Å². The number of halogens is 1. The molecule has 0 spiro atoms. The van der Waals surface area contributed by atoms with E-state index in [1.54, 1.807) is 6.07 Å². The van der Waals surface area contributed by atoms with E-state index < -0.39 is 0 Å². The second-order valence-corrected chi connectivity index (χ2v) is 6.22. The van der Waals surface area contributed by atoms with Crippen LogP contribution in [0.15, 0.2) is 78.9 Å². The van der Waals surface area contributed by atoms with Gasteiger partial charge in [-0.05, 0) is 30.2 Å². The Balaban J connectivity index is 1.97. The lowest BCUT2D eigenvalue weighted by atomic mass is 9.96. The number of nitrogens with one attached hydrogen (secondary N) is 1. The lowest BCUT2D eigenvalue weighted by molar-refractivity contribution is 0.447. The molecule has 0 amide bonds. The first kappa shape index (κ1) is 16.6. The molecule has 3 heteroatoms. The number of para-hydroxylation sites is 1. The van der Waals surface area contributed by atoms with Crippen molar-refractivity contribution < 1.29 is 5.11 Å². The summed E-state index contributed by atoms with van der Waals surface area (Å²) in [4.78, 5) is 0. The number of hydrogen-bond acceptors (Lipinski definition) is 2. The van der Waals surface area contributed by atoms with Gasteiger partial charge in [-0.3, -0.25) is 5.32 Å². The molecule has 0 aliphatic heterocycles. The molecule has 0 saturated carbocycles. The summed E-state index contributed by atoms with van der Waals surface area (Å²) in [6.07, 6.45) is 0. The molecule has 3 aromatic carbocycles. The summed E-state index contributed by atoms with van der Waals surface area (Å²) >= 11 is 6.34. The van der Waals surface area contributed by atoms with Crippen LogP contribution in [0, 0.1) is 0 Å². The van der Waals surface area contributed by atoms with E-state index in [0.717, 1.165) is 21.7 Å². The van der Waals surface area contributed by atoms with Gasteiger partial charge in [-0.2, -0.15) is 0 Å². The highest BCUT2D eigenvalue weighted by Crippen LogP contribution is 2.32. The molecule has 0 aliphatic carbocycles. The average Bonchev–Trinajstić information content (AvgIpc) is 2.61. The Labute approximate surface area is 147 Å². The van der Waals surface area contributed by atoms with Crippen molar-refractivity contribution in [3.05, 3.63) is 101 Å². The van der Waals surface area contributed by atoms with Crippen LogP contribution in [0.2, 0.25) is 5.02 Å². The van der Waals surface area contributed by atoms with Gasteiger partial charge in [0.05, 0.1) is 6.04 Å². The Morgan fingerprint density at radius 1 is 0.792 bits per heavy atom. The third-order valence-electron chi connectivity index (χ3n) is 4.17. The van der Waals surface area contributed by atoms with E-state index in [2.05, 4.69) is 24.4 Å². The van der Waals surface area contributed by atoms with Gasteiger partial charge in [0.1, 0.15) is 5.75 Å².